The summed E-state index contributed by atoms with van der Waals surface area (Å²) in [5.41, 5.74) is 8.86. The number of fused-ring (bicyclic) bond motifs is 1. The summed E-state index contributed by atoms with van der Waals surface area (Å²) in [6, 6.07) is 2.87. The van der Waals surface area contributed by atoms with Crippen molar-refractivity contribution in [2.75, 3.05) is 0 Å². The highest BCUT2D eigenvalue weighted by molar-refractivity contribution is 5.25. The quantitative estimate of drug-likeness (QED) is 0.239. The molecule has 2 aliphatic rings. The molecule has 0 aliphatic heterocycles. The molecule has 2 rings (SSSR count). The van der Waals surface area contributed by atoms with Gasteiger partial charge < -0.3 is 5.73 Å². The Morgan fingerprint density at radius 3 is 2.63 bits per heavy atom. The lowest BCUT2D eigenvalue weighted by atomic mass is 9.59. The monoisotopic (exact) mass is 476 g/mol. The second kappa shape index (κ2) is 12.5. The first-order valence-electron chi connectivity index (χ1n) is 14.0. The molecular formula is C33H52N2. The predicted molar refractivity (Wildman–Crippen MR) is 151 cm³/mol. The van der Waals surface area contributed by atoms with Crippen LogP contribution in [0.25, 0.3) is 0 Å². The van der Waals surface area contributed by atoms with Crippen molar-refractivity contribution in [2.45, 2.75) is 119 Å². The summed E-state index contributed by atoms with van der Waals surface area (Å²) >= 11 is 0. The van der Waals surface area contributed by atoms with E-state index in [1.165, 1.54) is 44.1 Å². The predicted octanol–water partition coefficient (Wildman–Crippen LogP) is 8.75. The van der Waals surface area contributed by atoms with Gasteiger partial charge >= 0.3 is 0 Å². The molecule has 0 heterocycles. The van der Waals surface area contributed by atoms with Gasteiger partial charge in [-0.25, -0.2) is 0 Å². The second-order valence-electron chi connectivity index (χ2n) is 13.2. The Labute approximate surface area is 217 Å². The molecule has 5 atom stereocenters. The molecule has 2 fully saturated rings. The van der Waals surface area contributed by atoms with Crippen molar-refractivity contribution in [3.05, 3.63) is 35.5 Å². The van der Waals surface area contributed by atoms with Crippen molar-refractivity contribution >= 4 is 0 Å². The average Bonchev–Trinajstić information content (AvgIpc) is 3.14. The largest absolute Gasteiger partial charge is 0.328 e. The van der Waals surface area contributed by atoms with Crippen LogP contribution < -0.4 is 5.73 Å². The number of allylic oxidation sites excluding steroid dienone is 6. The third-order valence-corrected chi connectivity index (χ3v) is 8.84. The Morgan fingerprint density at radius 1 is 1.29 bits per heavy atom. The van der Waals surface area contributed by atoms with Crippen LogP contribution >= 0.6 is 0 Å². The van der Waals surface area contributed by atoms with Gasteiger partial charge in [0.25, 0.3) is 0 Å². The van der Waals surface area contributed by atoms with Gasteiger partial charge in [-0.2, -0.15) is 5.26 Å². The Hall–Kier alpha value is -1.77. The molecule has 0 aromatic heterocycles. The molecule has 0 saturated heterocycles. The van der Waals surface area contributed by atoms with Gasteiger partial charge in [-0.15, -0.1) is 6.42 Å². The van der Waals surface area contributed by atoms with Crippen molar-refractivity contribution in [1.82, 2.24) is 0 Å². The van der Waals surface area contributed by atoms with Crippen LogP contribution in [0.4, 0.5) is 0 Å². The van der Waals surface area contributed by atoms with Gasteiger partial charge in [0.1, 0.15) is 0 Å². The van der Waals surface area contributed by atoms with Crippen LogP contribution in [0.1, 0.15) is 113 Å². The highest BCUT2D eigenvalue weighted by atomic mass is 14.6. The Bertz CT molecular complexity index is 870. The summed E-state index contributed by atoms with van der Waals surface area (Å²) in [4.78, 5) is 0. The molecule has 5 unspecified atom stereocenters. The molecule has 0 amide bonds. The van der Waals surface area contributed by atoms with Crippen LogP contribution in [0.3, 0.4) is 0 Å². The van der Waals surface area contributed by atoms with Gasteiger partial charge in [-0.1, -0.05) is 48.3 Å². The van der Waals surface area contributed by atoms with E-state index in [0.717, 1.165) is 25.7 Å². The molecule has 35 heavy (non-hydrogen) atoms. The van der Waals surface area contributed by atoms with Crippen LogP contribution in [0.5, 0.6) is 0 Å². The fourth-order valence-electron chi connectivity index (χ4n) is 6.77. The minimum absolute atomic E-state index is 0.218. The smallest absolute Gasteiger partial charge is 0.0684 e. The summed E-state index contributed by atoms with van der Waals surface area (Å²) in [6.07, 6.45) is 26.8. The maximum Gasteiger partial charge on any atom is 0.0684 e. The van der Waals surface area contributed by atoms with Crippen LogP contribution in [0.15, 0.2) is 35.5 Å². The zero-order valence-electron chi connectivity index (χ0n) is 23.8. The molecule has 0 aromatic rings. The van der Waals surface area contributed by atoms with E-state index in [2.05, 4.69) is 84.8 Å². The first kappa shape index (κ1) is 29.5. The summed E-state index contributed by atoms with van der Waals surface area (Å²) in [7, 11) is 0. The average molecular weight is 477 g/mol. The topological polar surface area (TPSA) is 49.8 Å². The minimum atomic E-state index is -0.303. The molecule has 194 valence electrons. The normalized spacial score (nSPS) is 28.5. The van der Waals surface area contributed by atoms with E-state index in [-0.39, 0.29) is 10.8 Å². The molecule has 0 aromatic carbocycles. The SMILES string of the molecule is C#CC(C)(C)/C=C/CC(CC(C)(C)C#N)C1CCC2/C(=C/C=C(\C)CCCC(C)N)CCCC21C. The maximum absolute atomic E-state index is 9.81. The van der Waals surface area contributed by atoms with Crippen LogP contribution in [0.2, 0.25) is 0 Å². The summed E-state index contributed by atoms with van der Waals surface area (Å²) in [6.45, 7) is 15.3. The maximum atomic E-state index is 9.81. The zero-order valence-corrected chi connectivity index (χ0v) is 23.8. The van der Waals surface area contributed by atoms with E-state index in [1.54, 1.807) is 5.57 Å². The first-order chi connectivity index (χ1) is 16.3. The second-order valence-corrected chi connectivity index (χ2v) is 13.2. The molecule has 0 spiro atoms. The zero-order chi connectivity index (χ0) is 26.3. The number of hydrogen-bond donors (Lipinski definition) is 1. The van der Waals surface area contributed by atoms with Gasteiger partial charge in [0.05, 0.1) is 11.5 Å². The minimum Gasteiger partial charge on any atom is -0.328 e. The van der Waals surface area contributed by atoms with Gasteiger partial charge in [-0.3, -0.25) is 0 Å². The first-order valence-corrected chi connectivity index (χ1v) is 14.0. The van der Waals surface area contributed by atoms with Crippen LogP contribution in [-0.4, -0.2) is 6.04 Å². The van der Waals surface area contributed by atoms with Crippen molar-refractivity contribution in [2.24, 2.45) is 39.7 Å². The summed E-state index contributed by atoms with van der Waals surface area (Å²) < 4.78 is 0. The Morgan fingerprint density at radius 2 is 2.00 bits per heavy atom. The molecule has 2 saturated carbocycles. The van der Waals surface area contributed by atoms with Gasteiger partial charge in [-0.05, 0) is 129 Å². The van der Waals surface area contributed by atoms with Crippen molar-refractivity contribution in [3.8, 4) is 18.4 Å². The molecule has 0 bridgehead atoms. The van der Waals surface area contributed by atoms with Gasteiger partial charge in [0.2, 0.25) is 0 Å². The van der Waals surface area contributed by atoms with Crippen molar-refractivity contribution in [3.63, 3.8) is 0 Å². The standard InChI is InChI=1S/C33H52N2/c1-9-31(4,5)21-11-16-28(23-32(6,7)24-34)30-20-19-29-27(15-12-22-33(29,30)8)18-17-25(2)13-10-14-26(3)35/h1,11,17-18,21,26,28-30H,10,12-16,19-20,22-23,35H2,2-8H3/b21-11+,25-17+,27-18+. The van der Waals surface area contributed by atoms with Crippen LogP contribution in [-0.2, 0) is 0 Å². The number of nitrogens with zero attached hydrogens (tertiary/aromatic N) is 1. The van der Waals surface area contributed by atoms with Crippen LogP contribution in [0, 0.1) is 57.7 Å². The summed E-state index contributed by atoms with van der Waals surface area (Å²) in [5, 5.41) is 9.81. The highest BCUT2D eigenvalue weighted by Crippen LogP contribution is 2.61. The lowest BCUT2D eigenvalue weighted by Gasteiger charge is -2.45. The molecule has 2 nitrogen and oxygen atoms in total. The van der Waals surface area contributed by atoms with E-state index >= 15 is 0 Å². The molecule has 2 aliphatic carbocycles. The Balaban J connectivity index is 2.23. The number of nitrogens with two attached hydrogens (primary N) is 1. The fraction of sp³-hybridized carbons (Fsp3) is 0.727. The molecule has 0 radical (unpaired) electrons. The number of terminal acetylenes is 1. The van der Waals surface area contributed by atoms with E-state index in [9.17, 15) is 5.26 Å². The molecule has 2 heteroatoms. The Kier molecular flexibility index (Phi) is 10.5. The van der Waals surface area contributed by atoms with E-state index < -0.39 is 0 Å². The van der Waals surface area contributed by atoms with E-state index in [0.29, 0.717) is 29.2 Å². The molecule has 2 N–H and O–H groups in total. The third kappa shape index (κ3) is 8.40. The van der Waals surface area contributed by atoms with Crippen molar-refractivity contribution < 1.29 is 0 Å². The van der Waals surface area contributed by atoms with Gasteiger partial charge in [0.15, 0.2) is 0 Å². The summed E-state index contributed by atoms with van der Waals surface area (Å²) in [5.74, 6) is 4.72. The third-order valence-electron chi connectivity index (χ3n) is 8.84. The lowest BCUT2D eigenvalue weighted by Crippen LogP contribution is -2.37. The molecular weight excluding hydrogens is 424 g/mol. The number of hydrogen-bond acceptors (Lipinski definition) is 2. The fourth-order valence-corrected chi connectivity index (χ4v) is 6.77. The van der Waals surface area contributed by atoms with Crippen molar-refractivity contribution in [1.29, 1.82) is 5.26 Å². The number of rotatable bonds is 11. The lowest BCUT2D eigenvalue weighted by molar-refractivity contribution is 0.0774. The number of nitriles is 1. The van der Waals surface area contributed by atoms with E-state index in [1.807, 2.05) is 0 Å². The van der Waals surface area contributed by atoms with E-state index in [4.69, 9.17) is 12.2 Å². The highest BCUT2D eigenvalue weighted by Gasteiger charge is 2.51. The van der Waals surface area contributed by atoms with Gasteiger partial charge in [0, 0.05) is 11.5 Å².